The molecule has 28 heavy (non-hydrogen) atoms. The van der Waals surface area contributed by atoms with Gasteiger partial charge in [-0.1, -0.05) is 6.92 Å². The zero-order valence-electron chi connectivity index (χ0n) is 17.1. The Balaban J connectivity index is 2.06. The first-order valence-electron chi connectivity index (χ1n) is 9.43. The molecule has 1 heterocycles. The molecule has 8 nitrogen and oxygen atoms in total. The van der Waals surface area contributed by atoms with Crippen LogP contribution in [0.25, 0.3) is 0 Å². The van der Waals surface area contributed by atoms with E-state index in [9.17, 15) is 14.4 Å². The highest BCUT2D eigenvalue weighted by Gasteiger charge is 2.37. The Bertz CT molecular complexity index is 737. The van der Waals surface area contributed by atoms with Crippen molar-refractivity contribution in [1.29, 1.82) is 0 Å². The number of benzene rings is 1. The van der Waals surface area contributed by atoms with Crippen molar-refractivity contribution >= 4 is 23.4 Å². The van der Waals surface area contributed by atoms with Crippen LogP contribution in [0.5, 0.6) is 11.5 Å². The van der Waals surface area contributed by atoms with Crippen molar-refractivity contribution in [1.82, 2.24) is 10.6 Å². The van der Waals surface area contributed by atoms with Crippen LogP contribution in [0.3, 0.4) is 0 Å². The van der Waals surface area contributed by atoms with Crippen LogP contribution in [0, 0.1) is 5.92 Å². The lowest BCUT2D eigenvalue weighted by atomic mass is 10.1. The minimum Gasteiger partial charge on any atom is -0.497 e. The predicted molar refractivity (Wildman–Crippen MR) is 106 cm³/mol. The Hall–Kier alpha value is -2.77. The Morgan fingerprint density at radius 1 is 1.21 bits per heavy atom. The third-order valence-corrected chi connectivity index (χ3v) is 4.93. The van der Waals surface area contributed by atoms with Gasteiger partial charge >= 0.3 is 0 Å². The van der Waals surface area contributed by atoms with Crippen LogP contribution >= 0.6 is 0 Å². The van der Waals surface area contributed by atoms with Gasteiger partial charge in [-0.25, -0.2) is 0 Å². The fraction of sp³-hybridized carbons (Fsp3) is 0.550. The second-order valence-electron chi connectivity index (χ2n) is 6.99. The van der Waals surface area contributed by atoms with Crippen molar-refractivity contribution < 1.29 is 23.9 Å². The zero-order valence-corrected chi connectivity index (χ0v) is 17.1. The van der Waals surface area contributed by atoms with E-state index in [0.717, 1.165) is 6.42 Å². The maximum absolute atomic E-state index is 12.6. The third kappa shape index (κ3) is 4.94. The van der Waals surface area contributed by atoms with Crippen LogP contribution in [-0.4, -0.2) is 50.6 Å². The number of nitrogens with zero attached hydrogens (tertiary/aromatic N) is 1. The number of hydrogen-bond donors (Lipinski definition) is 2. The van der Waals surface area contributed by atoms with E-state index in [1.54, 1.807) is 32.2 Å². The SMILES string of the molecule is CCC(C)NC(=O)C(C)NC(=O)C1CC(=O)N(c2cc(OC)ccc2OC)C1. The molecule has 0 aliphatic carbocycles. The van der Waals surface area contributed by atoms with Crippen LogP contribution in [0.2, 0.25) is 0 Å². The van der Waals surface area contributed by atoms with Gasteiger partial charge in [0.15, 0.2) is 0 Å². The van der Waals surface area contributed by atoms with E-state index in [-0.39, 0.29) is 36.7 Å². The molecular weight excluding hydrogens is 362 g/mol. The number of hydrogen-bond acceptors (Lipinski definition) is 5. The Kier molecular flexibility index (Phi) is 7.25. The van der Waals surface area contributed by atoms with Gasteiger partial charge < -0.3 is 25.0 Å². The average molecular weight is 391 g/mol. The first-order valence-corrected chi connectivity index (χ1v) is 9.43. The molecule has 0 saturated carbocycles. The topological polar surface area (TPSA) is 97.0 Å². The molecule has 1 saturated heterocycles. The lowest BCUT2D eigenvalue weighted by molar-refractivity contribution is -0.131. The van der Waals surface area contributed by atoms with Crippen LogP contribution in [-0.2, 0) is 14.4 Å². The van der Waals surface area contributed by atoms with Crippen LogP contribution in [0.1, 0.15) is 33.6 Å². The van der Waals surface area contributed by atoms with Gasteiger partial charge in [0.1, 0.15) is 17.5 Å². The van der Waals surface area contributed by atoms with Gasteiger partial charge in [-0.2, -0.15) is 0 Å². The van der Waals surface area contributed by atoms with Crippen molar-refractivity contribution in [3.05, 3.63) is 18.2 Å². The minimum absolute atomic E-state index is 0.0379. The van der Waals surface area contributed by atoms with E-state index in [4.69, 9.17) is 9.47 Å². The molecule has 0 aromatic heterocycles. The van der Waals surface area contributed by atoms with Gasteiger partial charge in [0.05, 0.1) is 25.8 Å². The van der Waals surface area contributed by atoms with Gasteiger partial charge in [0, 0.05) is 25.1 Å². The van der Waals surface area contributed by atoms with Crippen molar-refractivity contribution in [3.8, 4) is 11.5 Å². The Morgan fingerprint density at radius 2 is 1.93 bits per heavy atom. The summed E-state index contributed by atoms with van der Waals surface area (Å²) in [4.78, 5) is 38.8. The van der Waals surface area contributed by atoms with E-state index < -0.39 is 12.0 Å². The molecule has 3 unspecified atom stereocenters. The molecule has 1 aliphatic rings. The summed E-state index contributed by atoms with van der Waals surface area (Å²) in [6.45, 7) is 5.73. The van der Waals surface area contributed by atoms with Crippen molar-refractivity contribution in [3.63, 3.8) is 0 Å². The van der Waals surface area contributed by atoms with E-state index in [0.29, 0.717) is 17.2 Å². The third-order valence-electron chi connectivity index (χ3n) is 4.93. The molecule has 2 N–H and O–H groups in total. The maximum Gasteiger partial charge on any atom is 0.242 e. The van der Waals surface area contributed by atoms with Crippen molar-refractivity contribution in [2.24, 2.45) is 5.92 Å². The van der Waals surface area contributed by atoms with E-state index in [2.05, 4.69) is 10.6 Å². The summed E-state index contributed by atoms with van der Waals surface area (Å²) in [5.74, 6) is -0.156. The van der Waals surface area contributed by atoms with Crippen LogP contribution in [0.15, 0.2) is 18.2 Å². The smallest absolute Gasteiger partial charge is 0.242 e. The fourth-order valence-electron chi connectivity index (χ4n) is 2.99. The van der Waals surface area contributed by atoms with Gasteiger partial charge in [-0.3, -0.25) is 14.4 Å². The molecule has 2 rings (SSSR count). The number of methoxy groups -OCH3 is 2. The number of amides is 3. The molecule has 1 aromatic rings. The molecular formula is C20H29N3O5. The van der Waals surface area contributed by atoms with E-state index in [1.165, 1.54) is 12.0 Å². The minimum atomic E-state index is -0.669. The maximum atomic E-state index is 12.6. The number of carbonyl (C=O) groups excluding carboxylic acids is 3. The lowest BCUT2D eigenvalue weighted by Crippen LogP contribution is -2.49. The number of nitrogens with one attached hydrogen (secondary N) is 2. The number of anilines is 1. The second-order valence-corrected chi connectivity index (χ2v) is 6.99. The van der Waals surface area contributed by atoms with Crippen LogP contribution in [0.4, 0.5) is 5.69 Å². The summed E-state index contributed by atoms with van der Waals surface area (Å²) < 4.78 is 10.6. The second kappa shape index (κ2) is 9.43. The van der Waals surface area contributed by atoms with E-state index >= 15 is 0 Å². The molecule has 0 bridgehead atoms. The molecule has 154 valence electrons. The molecule has 0 spiro atoms. The molecule has 1 aromatic carbocycles. The normalized spacial score (nSPS) is 18.4. The molecule has 3 amide bonds. The Labute approximate surface area is 165 Å². The highest BCUT2D eigenvalue weighted by atomic mass is 16.5. The van der Waals surface area contributed by atoms with E-state index in [1.807, 2.05) is 13.8 Å². The lowest BCUT2D eigenvalue weighted by Gasteiger charge is -2.21. The Morgan fingerprint density at radius 3 is 2.54 bits per heavy atom. The first kappa shape index (κ1) is 21.5. The van der Waals surface area contributed by atoms with Crippen molar-refractivity contribution in [2.75, 3.05) is 25.7 Å². The van der Waals surface area contributed by atoms with Gasteiger partial charge in [0.2, 0.25) is 17.7 Å². The summed E-state index contributed by atoms with van der Waals surface area (Å²) in [5.41, 5.74) is 0.560. The highest BCUT2D eigenvalue weighted by molar-refractivity contribution is 6.02. The molecule has 8 heteroatoms. The van der Waals surface area contributed by atoms with Crippen molar-refractivity contribution in [2.45, 2.75) is 45.7 Å². The molecule has 3 atom stereocenters. The highest BCUT2D eigenvalue weighted by Crippen LogP contribution is 2.36. The molecule has 1 aliphatic heterocycles. The quantitative estimate of drug-likeness (QED) is 0.700. The van der Waals surface area contributed by atoms with Crippen LogP contribution < -0.4 is 25.0 Å². The monoisotopic (exact) mass is 391 g/mol. The number of carbonyl (C=O) groups is 3. The molecule has 0 radical (unpaired) electrons. The number of rotatable bonds is 8. The zero-order chi connectivity index (χ0) is 20.8. The summed E-state index contributed by atoms with van der Waals surface area (Å²) in [5, 5.41) is 5.54. The van der Waals surface area contributed by atoms with Gasteiger partial charge in [-0.05, 0) is 32.4 Å². The number of ether oxygens (including phenoxy) is 2. The summed E-state index contributed by atoms with van der Waals surface area (Å²) in [7, 11) is 3.06. The first-order chi connectivity index (χ1) is 13.3. The summed E-state index contributed by atoms with van der Waals surface area (Å²) in [6.07, 6.45) is 0.882. The summed E-state index contributed by atoms with van der Waals surface area (Å²) in [6, 6.07) is 4.54. The van der Waals surface area contributed by atoms with Gasteiger partial charge in [-0.15, -0.1) is 0 Å². The summed E-state index contributed by atoms with van der Waals surface area (Å²) >= 11 is 0. The fourth-order valence-corrected chi connectivity index (χ4v) is 2.99. The average Bonchev–Trinajstić information content (AvgIpc) is 3.08. The molecule has 1 fully saturated rings. The standard InChI is InChI=1S/C20H29N3O5/c1-6-12(2)21-19(25)13(3)22-20(26)14-9-18(24)23(11-14)16-10-15(27-4)7-8-17(16)28-5/h7-8,10,12-14H,6,9,11H2,1-5H3,(H,21,25)(H,22,26). The predicted octanol–water partition coefficient (Wildman–Crippen LogP) is 1.48. The van der Waals surface area contributed by atoms with Gasteiger partial charge in [0.25, 0.3) is 0 Å². The largest absolute Gasteiger partial charge is 0.497 e.